The maximum absolute atomic E-state index is 12.2. The van der Waals surface area contributed by atoms with Gasteiger partial charge in [-0.3, -0.25) is 9.69 Å². The summed E-state index contributed by atoms with van der Waals surface area (Å²) in [5.74, 6) is 0.247. The Morgan fingerprint density at radius 1 is 1.08 bits per heavy atom. The van der Waals surface area contributed by atoms with Gasteiger partial charge in [0.25, 0.3) is 0 Å². The number of carbonyl (C=O) groups is 1. The van der Waals surface area contributed by atoms with Crippen LogP contribution in [0, 0.1) is 0 Å². The number of hydrogen-bond donors (Lipinski definition) is 1. The maximum atomic E-state index is 12.2. The highest BCUT2D eigenvalue weighted by Gasteiger charge is 2.21. The van der Waals surface area contributed by atoms with Gasteiger partial charge in [0.05, 0.1) is 0 Å². The SMILES string of the molecule is CC(N)CCC(=O)N1CCN(Cc2cccc3ccccc23)CC1. The monoisotopic (exact) mass is 325 g/mol. The molecule has 0 aromatic heterocycles. The third kappa shape index (κ3) is 4.13. The molecule has 1 saturated heterocycles. The van der Waals surface area contributed by atoms with Crippen molar-refractivity contribution in [3.05, 3.63) is 48.0 Å². The Morgan fingerprint density at radius 2 is 1.79 bits per heavy atom. The summed E-state index contributed by atoms with van der Waals surface area (Å²) in [4.78, 5) is 16.6. The van der Waals surface area contributed by atoms with Gasteiger partial charge in [0, 0.05) is 45.2 Å². The Balaban J connectivity index is 1.56. The van der Waals surface area contributed by atoms with E-state index in [-0.39, 0.29) is 11.9 Å². The van der Waals surface area contributed by atoms with Gasteiger partial charge in [0.2, 0.25) is 5.91 Å². The van der Waals surface area contributed by atoms with E-state index in [2.05, 4.69) is 47.4 Å². The van der Waals surface area contributed by atoms with Gasteiger partial charge in [-0.2, -0.15) is 0 Å². The lowest BCUT2D eigenvalue weighted by Crippen LogP contribution is -2.48. The van der Waals surface area contributed by atoms with Gasteiger partial charge in [0.15, 0.2) is 0 Å². The lowest BCUT2D eigenvalue weighted by atomic mass is 10.0. The molecule has 24 heavy (non-hydrogen) atoms. The number of carbonyl (C=O) groups excluding carboxylic acids is 1. The van der Waals surface area contributed by atoms with Gasteiger partial charge in [0.1, 0.15) is 0 Å². The number of nitrogens with two attached hydrogens (primary N) is 1. The van der Waals surface area contributed by atoms with E-state index in [4.69, 9.17) is 5.73 Å². The fraction of sp³-hybridized carbons (Fsp3) is 0.450. The van der Waals surface area contributed by atoms with Gasteiger partial charge in [-0.1, -0.05) is 42.5 Å². The Bertz CT molecular complexity index is 685. The Labute approximate surface area is 144 Å². The number of piperazine rings is 1. The molecule has 1 aliphatic heterocycles. The summed E-state index contributed by atoms with van der Waals surface area (Å²) in [6, 6.07) is 15.1. The van der Waals surface area contributed by atoms with E-state index < -0.39 is 0 Å². The van der Waals surface area contributed by atoms with Crippen LogP contribution in [-0.4, -0.2) is 47.9 Å². The molecule has 4 heteroatoms. The lowest BCUT2D eigenvalue weighted by molar-refractivity contribution is -0.133. The predicted molar refractivity (Wildman–Crippen MR) is 98.7 cm³/mol. The third-order valence-electron chi connectivity index (χ3n) is 4.81. The van der Waals surface area contributed by atoms with Gasteiger partial charge in [-0.15, -0.1) is 0 Å². The van der Waals surface area contributed by atoms with Crippen LogP contribution in [-0.2, 0) is 11.3 Å². The zero-order valence-corrected chi connectivity index (χ0v) is 14.4. The van der Waals surface area contributed by atoms with Crippen molar-refractivity contribution in [3.8, 4) is 0 Å². The van der Waals surface area contributed by atoms with Crippen LogP contribution in [0.3, 0.4) is 0 Å². The summed E-state index contributed by atoms with van der Waals surface area (Å²) >= 11 is 0. The van der Waals surface area contributed by atoms with E-state index in [1.165, 1.54) is 16.3 Å². The highest BCUT2D eigenvalue weighted by Crippen LogP contribution is 2.20. The summed E-state index contributed by atoms with van der Waals surface area (Å²) in [6.07, 6.45) is 1.34. The fourth-order valence-electron chi connectivity index (χ4n) is 3.34. The van der Waals surface area contributed by atoms with Crippen molar-refractivity contribution >= 4 is 16.7 Å². The summed E-state index contributed by atoms with van der Waals surface area (Å²) in [6.45, 7) is 6.42. The van der Waals surface area contributed by atoms with E-state index >= 15 is 0 Å². The number of rotatable bonds is 5. The van der Waals surface area contributed by atoms with Crippen LogP contribution in [0.15, 0.2) is 42.5 Å². The molecule has 2 N–H and O–H groups in total. The number of benzene rings is 2. The van der Waals surface area contributed by atoms with Crippen molar-refractivity contribution < 1.29 is 4.79 Å². The van der Waals surface area contributed by atoms with Crippen molar-refractivity contribution in [3.63, 3.8) is 0 Å². The largest absolute Gasteiger partial charge is 0.340 e. The average molecular weight is 325 g/mol. The van der Waals surface area contributed by atoms with Crippen molar-refractivity contribution in [1.29, 1.82) is 0 Å². The summed E-state index contributed by atoms with van der Waals surface area (Å²) in [7, 11) is 0. The smallest absolute Gasteiger partial charge is 0.222 e. The van der Waals surface area contributed by atoms with Gasteiger partial charge in [-0.05, 0) is 29.7 Å². The predicted octanol–water partition coefficient (Wildman–Crippen LogP) is 2.61. The highest BCUT2D eigenvalue weighted by molar-refractivity contribution is 5.85. The Kier molecular flexibility index (Phi) is 5.48. The molecule has 2 aromatic carbocycles. The minimum Gasteiger partial charge on any atom is -0.340 e. The second-order valence-electron chi connectivity index (χ2n) is 6.81. The van der Waals surface area contributed by atoms with E-state index in [0.717, 1.165) is 39.1 Å². The molecule has 2 aromatic rings. The molecular weight excluding hydrogens is 298 g/mol. The second kappa shape index (κ2) is 7.77. The van der Waals surface area contributed by atoms with E-state index in [9.17, 15) is 4.79 Å². The summed E-state index contributed by atoms with van der Waals surface area (Å²) < 4.78 is 0. The van der Waals surface area contributed by atoms with Crippen LogP contribution in [0.5, 0.6) is 0 Å². The first-order valence-corrected chi connectivity index (χ1v) is 8.86. The molecule has 128 valence electrons. The summed E-state index contributed by atoms with van der Waals surface area (Å²) in [5, 5.41) is 2.62. The molecule has 1 heterocycles. The standard InChI is InChI=1S/C20H27N3O/c1-16(21)9-10-20(24)23-13-11-22(12-14-23)15-18-7-4-6-17-5-2-3-8-19(17)18/h2-8,16H,9-15,21H2,1H3. The zero-order valence-electron chi connectivity index (χ0n) is 14.4. The second-order valence-corrected chi connectivity index (χ2v) is 6.81. The normalized spacial score (nSPS) is 17.2. The third-order valence-corrected chi connectivity index (χ3v) is 4.81. The molecule has 0 spiro atoms. The van der Waals surface area contributed by atoms with Crippen molar-refractivity contribution in [2.45, 2.75) is 32.4 Å². The van der Waals surface area contributed by atoms with Crippen LogP contribution < -0.4 is 5.73 Å². The van der Waals surface area contributed by atoms with Crippen LogP contribution in [0.4, 0.5) is 0 Å². The molecule has 1 atom stereocenters. The minimum absolute atomic E-state index is 0.0987. The highest BCUT2D eigenvalue weighted by atomic mass is 16.2. The van der Waals surface area contributed by atoms with E-state index in [1.807, 2.05) is 11.8 Å². The van der Waals surface area contributed by atoms with E-state index in [1.54, 1.807) is 0 Å². The molecule has 3 rings (SSSR count). The van der Waals surface area contributed by atoms with Crippen LogP contribution in [0.25, 0.3) is 10.8 Å². The summed E-state index contributed by atoms with van der Waals surface area (Å²) in [5.41, 5.74) is 7.11. The number of nitrogens with zero attached hydrogens (tertiary/aromatic N) is 2. The molecule has 1 amide bonds. The van der Waals surface area contributed by atoms with Gasteiger partial charge in [-0.25, -0.2) is 0 Å². The van der Waals surface area contributed by atoms with Gasteiger partial charge < -0.3 is 10.6 Å². The maximum Gasteiger partial charge on any atom is 0.222 e. The quantitative estimate of drug-likeness (QED) is 0.919. The Morgan fingerprint density at radius 3 is 2.54 bits per heavy atom. The molecule has 0 bridgehead atoms. The minimum atomic E-state index is 0.0987. The van der Waals surface area contributed by atoms with Crippen LogP contribution in [0.2, 0.25) is 0 Å². The lowest BCUT2D eigenvalue weighted by Gasteiger charge is -2.35. The van der Waals surface area contributed by atoms with Crippen LogP contribution >= 0.6 is 0 Å². The number of hydrogen-bond acceptors (Lipinski definition) is 3. The molecule has 1 aliphatic rings. The molecule has 1 fully saturated rings. The molecule has 1 unspecified atom stereocenters. The van der Waals surface area contributed by atoms with E-state index in [0.29, 0.717) is 6.42 Å². The Hall–Kier alpha value is -1.91. The van der Waals surface area contributed by atoms with Crippen molar-refractivity contribution in [2.24, 2.45) is 5.73 Å². The average Bonchev–Trinajstić information content (AvgIpc) is 2.60. The van der Waals surface area contributed by atoms with Crippen molar-refractivity contribution in [2.75, 3.05) is 26.2 Å². The molecule has 0 radical (unpaired) electrons. The first kappa shape index (κ1) is 16.9. The molecule has 4 nitrogen and oxygen atoms in total. The fourth-order valence-corrected chi connectivity index (χ4v) is 3.34. The number of amides is 1. The number of fused-ring (bicyclic) bond motifs is 1. The van der Waals surface area contributed by atoms with Gasteiger partial charge >= 0.3 is 0 Å². The topological polar surface area (TPSA) is 49.6 Å². The molecule has 0 aliphatic carbocycles. The van der Waals surface area contributed by atoms with Crippen molar-refractivity contribution in [1.82, 2.24) is 9.80 Å². The first-order chi connectivity index (χ1) is 11.6. The zero-order chi connectivity index (χ0) is 16.9. The molecule has 0 saturated carbocycles. The molecular formula is C20H27N3O. The van der Waals surface area contributed by atoms with Crippen LogP contribution in [0.1, 0.15) is 25.3 Å². The first-order valence-electron chi connectivity index (χ1n) is 8.86.